The van der Waals surface area contributed by atoms with Crippen LogP contribution in [0.1, 0.15) is 24.0 Å². The van der Waals surface area contributed by atoms with Crippen LogP contribution in [-0.4, -0.2) is 54.2 Å². The number of nitrogens with zero attached hydrogens (tertiary/aromatic N) is 7. The minimum absolute atomic E-state index is 0.242. The van der Waals surface area contributed by atoms with Crippen LogP contribution in [0.5, 0.6) is 11.5 Å². The lowest BCUT2D eigenvalue weighted by Crippen LogP contribution is -2.19. The van der Waals surface area contributed by atoms with E-state index in [0.717, 1.165) is 32.0 Å². The van der Waals surface area contributed by atoms with Crippen LogP contribution in [0, 0.1) is 0 Å². The molecule has 0 unspecified atom stereocenters. The molecular formula is C26H25ClF3N9O. The number of aromatic nitrogens is 6. The number of rotatable bonds is 7. The second-order valence-electron chi connectivity index (χ2n) is 9.59. The molecule has 0 radical (unpaired) electrons. The normalized spacial score (nSPS) is 14.3. The number of ether oxygens (including phenoxy) is 1. The van der Waals surface area contributed by atoms with Gasteiger partial charge in [0.15, 0.2) is 17.1 Å². The molecule has 4 aromatic heterocycles. The summed E-state index contributed by atoms with van der Waals surface area (Å²) in [6.07, 6.45) is 3.94. The number of halogens is 4. The van der Waals surface area contributed by atoms with Gasteiger partial charge in [0, 0.05) is 26.3 Å². The summed E-state index contributed by atoms with van der Waals surface area (Å²) in [6, 6.07) is 4.00. The van der Waals surface area contributed by atoms with Gasteiger partial charge in [0.1, 0.15) is 21.9 Å². The SMILES string of the molecule is CNc1cn2ncc(Oc3cnc4nc(Nc5cc(CN6CCCC6)cc(C(F)(F)F)c5)n(C)c4c3Cl)c2cn1. The highest BCUT2D eigenvalue weighted by molar-refractivity contribution is 6.36. The third-order valence-corrected chi connectivity index (χ3v) is 7.20. The lowest BCUT2D eigenvalue weighted by Gasteiger charge is -2.18. The molecule has 0 atom stereocenters. The number of likely N-dealkylation sites (tertiary alicyclic amines) is 1. The van der Waals surface area contributed by atoms with Crippen molar-refractivity contribution in [3.8, 4) is 11.5 Å². The van der Waals surface area contributed by atoms with Gasteiger partial charge in [-0.15, -0.1) is 0 Å². The molecule has 5 aromatic rings. The Morgan fingerprint density at radius 1 is 1.05 bits per heavy atom. The molecule has 0 amide bonds. The monoisotopic (exact) mass is 571 g/mol. The molecule has 1 aliphatic heterocycles. The van der Waals surface area contributed by atoms with Crippen molar-refractivity contribution in [3.63, 3.8) is 0 Å². The van der Waals surface area contributed by atoms with Gasteiger partial charge in [-0.1, -0.05) is 11.6 Å². The number of imidazole rings is 1. The fourth-order valence-corrected chi connectivity index (χ4v) is 5.13. The van der Waals surface area contributed by atoms with Crippen molar-refractivity contribution in [2.75, 3.05) is 30.8 Å². The molecule has 40 heavy (non-hydrogen) atoms. The number of benzene rings is 1. The van der Waals surface area contributed by atoms with Crippen molar-refractivity contribution in [1.82, 2.24) is 34.0 Å². The Morgan fingerprint density at radius 3 is 2.60 bits per heavy atom. The number of fused-ring (bicyclic) bond motifs is 2. The number of hydrogen-bond donors (Lipinski definition) is 2. The highest BCUT2D eigenvalue weighted by Gasteiger charge is 2.31. The molecule has 2 N–H and O–H groups in total. The van der Waals surface area contributed by atoms with Crippen molar-refractivity contribution < 1.29 is 17.9 Å². The fourth-order valence-electron chi connectivity index (χ4n) is 4.83. The summed E-state index contributed by atoms with van der Waals surface area (Å²) in [4.78, 5) is 15.3. The van der Waals surface area contributed by atoms with E-state index in [2.05, 4.69) is 35.6 Å². The molecule has 14 heteroatoms. The highest BCUT2D eigenvalue weighted by Crippen LogP contribution is 2.38. The van der Waals surface area contributed by atoms with Gasteiger partial charge in [-0.2, -0.15) is 23.3 Å². The Hall–Kier alpha value is -4.10. The van der Waals surface area contributed by atoms with E-state index in [1.54, 1.807) is 47.8 Å². The maximum absolute atomic E-state index is 13.7. The molecule has 0 aliphatic carbocycles. The van der Waals surface area contributed by atoms with Gasteiger partial charge in [-0.25, -0.2) is 14.5 Å². The summed E-state index contributed by atoms with van der Waals surface area (Å²) < 4.78 is 50.4. The molecule has 1 aliphatic rings. The van der Waals surface area contributed by atoms with E-state index in [1.165, 1.54) is 12.3 Å². The van der Waals surface area contributed by atoms with Crippen LogP contribution in [0.25, 0.3) is 16.7 Å². The van der Waals surface area contributed by atoms with Crippen LogP contribution in [0.2, 0.25) is 5.02 Å². The summed E-state index contributed by atoms with van der Waals surface area (Å²) in [5.74, 6) is 1.62. The Labute approximate surface area is 231 Å². The molecule has 6 rings (SSSR count). The average Bonchev–Trinajstić information content (AvgIpc) is 3.65. The first-order chi connectivity index (χ1) is 19.2. The zero-order valence-electron chi connectivity index (χ0n) is 21.6. The predicted octanol–water partition coefficient (Wildman–Crippen LogP) is 5.86. The molecule has 5 heterocycles. The average molecular weight is 572 g/mol. The Morgan fingerprint density at radius 2 is 1.85 bits per heavy atom. The number of hydrogen-bond acceptors (Lipinski definition) is 8. The second-order valence-corrected chi connectivity index (χ2v) is 9.97. The molecule has 1 aromatic carbocycles. The van der Waals surface area contributed by atoms with E-state index in [-0.39, 0.29) is 22.4 Å². The zero-order chi connectivity index (χ0) is 28.0. The van der Waals surface area contributed by atoms with E-state index in [4.69, 9.17) is 16.3 Å². The summed E-state index contributed by atoms with van der Waals surface area (Å²) >= 11 is 6.72. The first-order valence-corrected chi connectivity index (χ1v) is 13.0. The third kappa shape index (κ3) is 4.97. The first-order valence-electron chi connectivity index (χ1n) is 12.6. The molecule has 0 spiro atoms. The van der Waals surface area contributed by atoms with Crippen LogP contribution in [0.15, 0.2) is 43.0 Å². The van der Waals surface area contributed by atoms with Crippen molar-refractivity contribution in [2.45, 2.75) is 25.6 Å². The van der Waals surface area contributed by atoms with Crippen LogP contribution in [-0.2, 0) is 19.8 Å². The minimum atomic E-state index is -4.48. The van der Waals surface area contributed by atoms with Crippen LogP contribution in [0.4, 0.5) is 30.6 Å². The molecule has 1 fully saturated rings. The lowest BCUT2D eigenvalue weighted by molar-refractivity contribution is -0.137. The van der Waals surface area contributed by atoms with Crippen molar-refractivity contribution in [3.05, 3.63) is 59.1 Å². The summed E-state index contributed by atoms with van der Waals surface area (Å²) in [5.41, 5.74) is 1.52. The van der Waals surface area contributed by atoms with Gasteiger partial charge in [-0.3, -0.25) is 4.90 Å². The summed E-state index contributed by atoms with van der Waals surface area (Å²) in [6.45, 7) is 2.20. The van der Waals surface area contributed by atoms with E-state index < -0.39 is 11.7 Å². The summed E-state index contributed by atoms with van der Waals surface area (Å²) in [5, 5.41) is 10.5. The van der Waals surface area contributed by atoms with Crippen molar-refractivity contribution >= 4 is 45.7 Å². The molecular weight excluding hydrogens is 547 g/mol. The second kappa shape index (κ2) is 10.1. The highest BCUT2D eigenvalue weighted by atomic mass is 35.5. The topological polar surface area (TPSA) is 97.4 Å². The quantitative estimate of drug-likeness (QED) is 0.251. The van der Waals surface area contributed by atoms with E-state index >= 15 is 0 Å². The van der Waals surface area contributed by atoms with Gasteiger partial charge < -0.3 is 19.9 Å². The number of nitrogens with one attached hydrogen (secondary N) is 2. The van der Waals surface area contributed by atoms with Crippen LogP contribution >= 0.6 is 11.6 Å². The Kier molecular flexibility index (Phi) is 6.62. The van der Waals surface area contributed by atoms with Crippen molar-refractivity contribution in [2.24, 2.45) is 7.05 Å². The van der Waals surface area contributed by atoms with Crippen LogP contribution in [0.3, 0.4) is 0 Å². The number of aryl methyl sites for hydroxylation is 1. The number of pyridine rings is 1. The molecule has 1 saturated heterocycles. The number of anilines is 3. The molecule has 0 bridgehead atoms. The smallest absolute Gasteiger partial charge is 0.416 e. The first kappa shape index (κ1) is 26.1. The molecule has 208 valence electrons. The standard InChI is InChI=1S/C26H25ClF3N9O/c1-31-21-14-39-18(10-32-21)19(12-34-39)40-20-11-33-24-23(22(20)27)37(2)25(36-24)35-17-8-15(13-38-5-3-4-6-38)7-16(9-17)26(28,29)30/h7-12,14,31H,3-6,13H2,1-2H3,(H,33,35,36). The van der Waals surface area contributed by atoms with Crippen molar-refractivity contribution in [1.29, 1.82) is 0 Å². The largest absolute Gasteiger partial charge is 0.450 e. The van der Waals surface area contributed by atoms with Gasteiger partial charge in [0.2, 0.25) is 5.95 Å². The van der Waals surface area contributed by atoms with E-state index in [9.17, 15) is 13.2 Å². The third-order valence-electron chi connectivity index (χ3n) is 6.83. The Bertz CT molecular complexity index is 1710. The van der Waals surface area contributed by atoms with Gasteiger partial charge in [0.05, 0.1) is 30.4 Å². The van der Waals surface area contributed by atoms with Gasteiger partial charge in [-0.05, 0) is 49.7 Å². The van der Waals surface area contributed by atoms with Gasteiger partial charge >= 0.3 is 6.18 Å². The number of alkyl halides is 3. The molecule has 0 saturated carbocycles. The predicted molar refractivity (Wildman–Crippen MR) is 145 cm³/mol. The van der Waals surface area contributed by atoms with E-state index in [1.807, 2.05) is 0 Å². The fraction of sp³-hybridized carbons (Fsp3) is 0.308. The maximum atomic E-state index is 13.7. The van der Waals surface area contributed by atoms with E-state index in [0.29, 0.717) is 40.4 Å². The Balaban J connectivity index is 1.31. The maximum Gasteiger partial charge on any atom is 0.416 e. The summed E-state index contributed by atoms with van der Waals surface area (Å²) in [7, 11) is 3.46. The molecule has 10 nitrogen and oxygen atoms in total. The minimum Gasteiger partial charge on any atom is -0.450 e. The lowest BCUT2D eigenvalue weighted by atomic mass is 10.1. The zero-order valence-corrected chi connectivity index (χ0v) is 22.4. The van der Waals surface area contributed by atoms with Crippen LogP contribution < -0.4 is 15.4 Å². The van der Waals surface area contributed by atoms with Gasteiger partial charge in [0.25, 0.3) is 0 Å².